The molecule has 0 aliphatic carbocycles. The molecule has 1 atom stereocenters. The molecular weight excluding hydrogens is 354 g/mol. The molecule has 5 heteroatoms. The molecule has 0 fully saturated rings. The van der Waals surface area contributed by atoms with Gasteiger partial charge in [-0.15, -0.1) is 0 Å². The number of halogens is 4. The Hall–Kier alpha value is -1.08. The first kappa shape index (κ1) is 13.4. The van der Waals surface area contributed by atoms with E-state index >= 15 is 0 Å². The van der Waals surface area contributed by atoms with E-state index in [2.05, 4.69) is 0 Å². The van der Waals surface area contributed by atoms with Gasteiger partial charge < -0.3 is 5.73 Å². The Morgan fingerprint density at radius 1 is 0.889 bits per heavy atom. The van der Waals surface area contributed by atoms with Crippen LogP contribution in [0.3, 0.4) is 0 Å². The van der Waals surface area contributed by atoms with Crippen LogP contribution in [-0.4, -0.2) is 0 Å². The third kappa shape index (κ3) is 2.84. The smallest absolute Gasteiger partial charge is 0.126 e. The molecule has 0 bridgehead atoms. The lowest BCUT2D eigenvalue weighted by Gasteiger charge is -2.14. The zero-order valence-corrected chi connectivity index (χ0v) is 11.3. The Labute approximate surface area is 116 Å². The fourth-order valence-corrected chi connectivity index (χ4v) is 2.50. The highest BCUT2D eigenvalue weighted by molar-refractivity contribution is 14.1. The molecule has 2 aromatic rings. The average Bonchev–Trinajstić information content (AvgIpc) is 2.26. The molecule has 2 N–H and O–H groups in total. The second-order valence-electron chi connectivity index (χ2n) is 3.85. The van der Waals surface area contributed by atoms with Crippen molar-refractivity contribution in [2.75, 3.05) is 0 Å². The molecule has 0 aliphatic rings. The average molecular weight is 363 g/mol. The Morgan fingerprint density at radius 3 is 2.06 bits per heavy atom. The van der Waals surface area contributed by atoms with Crippen molar-refractivity contribution in [3.05, 3.63) is 68.5 Å². The van der Waals surface area contributed by atoms with E-state index < -0.39 is 17.7 Å². The second kappa shape index (κ2) is 5.27. The molecule has 0 heterocycles. The second-order valence-corrected chi connectivity index (χ2v) is 5.01. The van der Waals surface area contributed by atoms with Crippen LogP contribution in [0.4, 0.5) is 13.2 Å². The van der Waals surface area contributed by atoms with E-state index in [1.807, 2.05) is 22.6 Å². The number of hydrogen-bond donors (Lipinski definition) is 1. The van der Waals surface area contributed by atoms with Crippen LogP contribution < -0.4 is 5.73 Å². The zero-order valence-electron chi connectivity index (χ0n) is 9.13. The molecule has 0 amide bonds. The summed E-state index contributed by atoms with van der Waals surface area (Å²) >= 11 is 1.94. The van der Waals surface area contributed by atoms with Gasteiger partial charge in [-0.25, -0.2) is 13.2 Å². The van der Waals surface area contributed by atoms with Gasteiger partial charge in [0, 0.05) is 9.64 Å². The molecule has 0 aliphatic heterocycles. The number of rotatable bonds is 2. The number of hydrogen-bond acceptors (Lipinski definition) is 1. The zero-order chi connectivity index (χ0) is 13.3. The summed E-state index contributed by atoms with van der Waals surface area (Å²) in [5.41, 5.74) is 6.89. The van der Waals surface area contributed by atoms with Gasteiger partial charge in [0.15, 0.2) is 0 Å². The molecule has 0 spiro atoms. The summed E-state index contributed by atoms with van der Waals surface area (Å²) in [5.74, 6) is -1.74. The molecule has 1 unspecified atom stereocenters. The highest BCUT2D eigenvalue weighted by atomic mass is 127. The maximum atomic E-state index is 13.1. The van der Waals surface area contributed by atoms with Gasteiger partial charge in [-0.3, -0.25) is 0 Å². The fourth-order valence-electron chi connectivity index (χ4n) is 1.69. The molecule has 0 radical (unpaired) electrons. The van der Waals surface area contributed by atoms with Crippen LogP contribution in [0.5, 0.6) is 0 Å². The van der Waals surface area contributed by atoms with Gasteiger partial charge in [-0.05, 0) is 58.0 Å². The van der Waals surface area contributed by atoms with Crippen molar-refractivity contribution in [3.8, 4) is 0 Å². The summed E-state index contributed by atoms with van der Waals surface area (Å²) in [6.45, 7) is 0. The van der Waals surface area contributed by atoms with Gasteiger partial charge in [0.25, 0.3) is 0 Å². The van der Waals surface area contributed by atoms with Crippen LogP contribution in [-0.2, 0) is 0 Å². The van der Waals surface area contributed by atoms with Crippen molar-refractivity contribution in [1.29, 1.82) is 0 Å². The first-order valence-electron chi connectivity index (χ1n) is 5.14. The van der Waals surface area contributed by atoms with Crippen LogP contribution in [0.1, 0.15) is 17.2 Å². The van der Waals surface area contributed by atoms with E-state index in [1.165, 1.54) is 30.3 Å². The van der Waals surface area contributed by atoms with Crippen LogP contribution in [0, 0.1) is 21.0 Å². The maximum Gasteiger partial charge on any atom is 0.126 e. The van der Waals surface area contributed by atoms with Crippen molar-refractivity contribution in [2.24, 2.45) is 5.73 Å². The predicted molar refractivity (Wildman–Crippen MR) is 71.5 cm³/mol. The van der Waals surface area contributed by atoms with Gasteiger partial charge in [0.05, 0.1) is 6.04 Å². The van der Waals surface area contributed by atoms with Crippen LogP contribution >= 0.6 is 22.6 Å². The molecular formula is C13H9F3IN. The minimum Gasteiger partial charge on any atom is -0.320 e. The van der Waals surface area contributed by atoms with E-state index in [4.69, 9.17) is 5.73 Å². The van der Waals surface area contributed by atoms with Gasteiger partial charge in [-0.2, -0.15) is 0 Å². The topological polar surface area (TPSA) is 26.0 Å². The lowest BCUT2D eigenvalue weighted by molar-refractivity contribution is 0.577. The van der Waals surface area contributed by atoms with E-state index in [0.29, 0.717) is 14.7 Å². The maximum absolute atomic E-state index is 13.1. The third-order valence-electron chi connectivity index (χ3n) is 2.54. The minimum absolute atomic E-state index is 0.317. The summed E-state index contributed by atoms with van der Waals surface area (Å²) in [6, 6.07) is 6.55. The van der Waals surface area contributed by atoms with Crippen molar-refractivity contribution >= 4 is 22.6 Å². The summed E-state index contributed by atoms with van der Waals surface area (Å²) in [4.78, 5) is 0. The summed E-state index contributed by atoms with van der Waals surface area (Å²) in [5, 5.41) is 0. The number of benzene rings is 2. The van der Waals surface area contributed by atoms with Crippen LogP contribution in [0.25, 0.3) is 0 Å². The fraction of sp³-hybridized carbons (Fsp3) is 0.0769. The van der Waals surface area contributed by atoms with E-state index in [9.17, 15) is 13.2 Å². The standard InChI is InChI=1S/C13H9F3IN/c14-8-1-2-11(12(17)6-8)13(18)7-3-9(15)5-10(16)4-7/h1-6,13H,18H2. The van der Waals surface area contributed by atoms with Crippen LogP contribution in [0.15, 0.2) is 36.4 Å². The first-order chi connectivity index (χ1) is 8.47. The van der Waals surface area contributed by atoms with Gasteiger partial charge >= 0.3 is 0 Å². The van der Waals surface area contributed by atoms with E-state index in [0.717, 1.165) is 6.07 Å². The van der Waals surface area contributed by atoms with Gasteiger partial charge in [0.2, 0.25) is 0 Å². The van der Waals surface area contributed by atoms with Crippen molar-refractivity contribution in [1.82, 2.24) is 0 Å². The van der Waals surface area contributed by atoms with Crippen molar-refractivity contribution < 1.29 is 13.2 Å². The highest BCUT2D eigenvalue weighted by Crippen LogP contribution is 2.26. The Morgan fingerprint density at radius 2 is 1.50 bits per heavy atom. The lowest BCUT2D eigenvalue weighted by atomic mass is 9.99. The normalized spacial score (nSPS) is 12.5. The third-order valence-corrected chi connectivity index (χ3v) is 3.48. The molecule has 0 aromatic heterocycles. The van der Waals surface area contributed by atoms with E-state index in [-0.39, 0.29) is 5.82 Å². The highest BCUT2D eigenvalue weighted by Gasteiger charge is 2.14. The van der Waals surface area contributed by atoms with Gasteiger partial charge in [0.1, 0.15) is 17.5 Å². The van der Waals surface area contributed by atoms with E-state index in [1.54, 1.807) is 0 Å². The monoisotopic (exact) mass is 363 g/mol. The predicted octanol–water partition coefficient (Wildman–Crippen LogP) is 3.76. The van der Waals surface area contributed by atoms with Gasteiger partial charge in [-0.1, -0.05) is 6.07 Å². The molecule has 18 heavy (non-hydrogen) atoms. The van der Waals surface area contributed by atoms with Crippen molar-refractivity contribution in [2.45, 2.75) is 6.04 Å². The Kier molecular flexibility index (Phi) is 3.91. The van der Waals surface area contributed by atoms with Crippen LogP contribution in [0.2, 0.25) is 0 Å². The summed E-state index contributed by atoms with van der Waals surface area (Å²) < 4.78 is 39.8. The Bertz CT molecular complexity index is 566. The SMILES string of the molecule is NC(c1cc(F)cc(F)c1)c1ccc(F)cc1I. The summed E-state index contributed by atoms with van der Waals surface area (Å²) in [7, 11) is 0. The molecule has 2 aromatic carbocycles. The molecule has 0 saturated carbocycles. The summed E-state index contributed by atoms with van der Waals surface area (Å²) in [6.07, 6.45) is 0. The molecule has 1 nitrogen and oxygen atoms in total. The molecule has 94 valence electrons. The molecule has 2 rings (SSSR count). The minimum atomic E-state index is -0.692. The first-order valence-corrected chi connectivity index (χ1v) is 6.22. The van der Waals surface area contributed by atoms with Crippen molar-refractivity contribution in [3.63, 3.8) is 0 Å². The Balaban J connectivity index is 2.44. The molecule has 0 saturated heterocycles. The lowest BCUT2D eigenvalue weighted by Crippen LogP contribution is -2.14. The number of nitrogens with two attached hydrogens (primary N) is 1. The quantitative estimate of drug-likeness (QED) is 0.809. The largest absolute Gasteiger partial charge is 0.320 e.